The van der Waals surface area contributed by atoms with Crippen LogP contribution in [0.15, 0.2) is 30.5 Å². The minimum Gasteiger partial charge on any atom is -0.394 e. The number of aromatic nitrogens is 5. The van der Waals surface area contributed by atoms with Gasteiger partial charge in [0, 0.05) is 13.0 Å². The van der Waals surface area contributed by atoms with E-state index < -0.39 is 0 Å². The van der Waals surface area contributed by atoms with Gasteiger partial charge in [0.2, 0.25) is 0 Å². The predicted octanol–water partition coefficient (Wildman–Crippen LogP) is 2.67. The van der Waals surface area contributed by atoms with Crippen molar-refractivity contribution in [2.45, 2.75) is 6.42 Å². The van der Waals surface area contributed by atoms with Crippen LogP contribution < -0.4 is 11.1 Å². The number of benzene rings is 1. The van der Waals surface area contributed by atoms with E-state index in [4.69, 9.17) is 28.9 Å². The van der Waals surface area contributed by atoms with E-state index >= 15 is 0 Å². The summed E-state index contributed by atoms with van der Waals surface area (Å²) < 4.78 is 1.43. The summed E-state index contributed by atoms with van der Waals surface area (Å²) in [6.07, 6.45) is 1.96. The van der Waals surface area contributed by atoms with Gasteiger partial charge >= 0.3 is 0 Å². The van der Waals surface area contributed by atoms with Gasteiger partial charge in [-0.05, 0) is 18.1 Å². The highest BCUT2D eigenvalue weighted by molar-refractivity contribution is 6.43. The summed E-state index contributed by atoms with van der Waals surface area (Å²) in [6, 6.07) is 7.44. The lowest BCUT2D eigenvalue weighted by Gasteiger charge is -2.02. The van der Waals surface area contributed by atoms with Crippen molar-refractivity contribution >= 4 is 51.5 Å². The molecule has 4 aromatic rings. The highest BCUT2D eigenvalue weighted by Crippen LogP contribution is 2.28. The fourth-order valence-electron chi connectivity index (χ4n) is 2.59. The average Bonchev–Trinajstić information content (AvgIpc) is 3.30. The number of nitrogens with one attached hydrogen (secondary N) is 2. The smallest absolute Gasteiger partial charge is 0.287 e. The van der Waals surface area contributed by atoms with Gasteiger partial charge in [0.05, 0.1) is 22.9 Å². The third-order valence-corrected chi connectivity index (χ3v) is 4.68. The number of H-pyrrole nitrogens is 1. The molecule has 0 unspecified atom stereocenters. The van der Waals surface area contributed by atoms with Crippen LogP contribution >= 0.6 is 23.2 Å². The standard InChI is InChI=1S/C18H13Cl2N7O/c19-13-14(21)17-23-9-10(27(17)26-15(13)20)5-3-4-8-22-18(28)16-24-11-6-1-2-7-12(11)25-16/h1-2,6-7,9H,4,8,21H2,(H,22,28)(H,24,25). The summed E-state index contributed by atoms with van der Waals surface area (Å²) in [5, 5.41) is 7.11. The fourth-order valence-corrected chi connectivity index (χ4v) is 2.89. The van der Waals surface area contributed by atoms with Crippen molar-refractivity contribution < 1.29 is 4.79 Å². The van der Waals surface area contributed by atoms with Crippen molar-refractivity contribution in [3.05, 3.63) is 52.2 Å². The van der Waals surface area contributed by atoms with Gasteiger partial charge in [0.1, 0.15) is 10.7 Å². The van der Waals surface area contributed by atoms with E-state index in [1.54, 1.807) is 0 Å². The second-order valence-electron chi connectivity index (χ2n) is 5.81. The second-order valence-corrected chi connectivity index (χ2v) is 6.54. The Bertz CT molecular complexity index is 1230. The van der Waals surface area contributed by atoms with E-state index in [1.165, 1.54) is 10.7 Å². The molecule has 0 aliphatic rings. The second kappa shape index (κ2) is 7.38. The number of nitrogens with zero attached hydrogens (tertiary/aromatic N) is 4. The zero-order valence-corrected chi connectivity index (χ0v) is 15.8. The molecule has 3 aromatic heterocycles. The highest BCUT2D eigenvalue weighted by Gasteiger charge is 2.13. The molecule has 0 bridgehead atoms. The van der Waals surface area contributed by atoms with Crippen LogP contribution in [0.25, 0.3) is 16.7 Å². The van der Waals surface area contributed by atoms with Crippen LogP contribution in [0.4, 0.5) is 5.69 Å². The van der Waals surface area contributed by atoms with E-state index in [9.17, 15) is 4.79 Å². The number of carbonyl (C=O) groups excluding carboxylic acids is 1. The molecule has 0 saturated heterocycles. The fraction of sp³-hybridized carbons (Fsp3) is 0.111. The van der Waals surface area contributed by atoms with Gasteiger partial charge in [0.25, 0.3) is 5.91 Å². The maximum absolute atomic E-state index is 12.2. The van der Waals surface area contributed by atoms with Crippen molar-refractivity contribution in [2.75, 3.05) is 12.3 Å². The van der Waals surface area contributed by atoms with Gasteiger partial charge < -0.3 is 16.0 Å². The molecule has 0 atom stereocenters. The topological polar surface area (TPSA) is 114 Å². The summed E-state index contributed by atoms with van der Waals surface area (Å²) in [5.41, 5.74) is 8.58. The Balaban J connectivity index is 1.40. The molecule has 0 radical (unpaired) electrons. The Morgan fingerprint density at radius 1 is 1.32 bits per heavy atom. The van der Waals surface area contributed by atoms with Gasteiger partial charge in [-0.3, -0.25) is 4.79 Å². The maximum atomic E-state index is 12.2. The Morgan fingerprint density at radius 3 is 2.96 bits per heavy atom. The molecular formula is C18H13Cl2N7O. The summed E-state index contributed by atoms with van der Waals surface area (Å²) in [4.78, 5) is 23.6. The first kappa shape index (κ1) is 18.1. The molecular weight excluding hydrogens is 401 g/mol. The number of anilines is 1. The zero-order chi connectivity index (χ0) is 19.7. The molecule has 0 fully saturated rings. The third kappa shape index (κ3) is 3.33. The lowest BCUT2D eigenvalue weighted by Crippen LogP contribution is -2.25. The van der Waals surface area contributed by atoms with Crippen LogP contribution in [-0.2, 0) is 0 Å². The van der Waals surface area contributed by atoms with Crippen LogP contribution in [0.3, 0.4) is 0 Å². The van der Waals surface area contributed by atoms with Crippen molar-refractivity contribution in [3.63, 3.8) is 0 Å². The minimum atomic E-state index is -0.288. The van der Waals surface area contributed by atoms with Crippen LogP contribution in [-0.4, -0.2) is 37.0 Å². The normalized spacial score (nSPS) is 10.8. The van der Waals surface area contributed by atoms with E-state index in [0.717, 1.165) is 11.0 Å². The summed E-state index contributed by atoms with van der Waals surface area (Å²) in [5.74, 6) is 5.86. The summed E-state index contributed by atoms with van der Waals surface area (Å²) in [6.45, 7) is 0.363. The third-order valence-electron chi connectivity index (χ3n) is 3.94. The lowest BCUT2D eigenvalue weighted by molar-refractivity contribution is 0.0945. The van der Waals surface area contributed by atoms with E-state index in [2.05, 4.69) is 37.2 Å². The van der Waals surface area contributed by atoms with Crippen LogP contribution in [0.5, 0.6) is 0 Å². The number of amides is 1. The number of aromatic amines is 1. The zero-order valence-electron chi connectivity index (χ0n) is 14.3. The SMILES string of the molecule is Nc1c(Cl)c(Cl)nn2c(C#CCCNC(=O)c3nc4ccccc4[nH]3)cnc12. The van der Waals surface area contributed by atoms with Crippen LogP contribution in [0.2, 0.25) is 10.2 Å². The first-order valence-corrected chi connectivity index (χ1v) is 9.00. The minimum absolute atomic E-state index is 0.0748. The number of rotatable bonds is 3. The van der Waals surface area contributed by atoms with E-state index in [0.29, 0.717) is 24.3 Å². The van der Waals surface area contributed by atoms with Gasteiger partial charge in [-0.2, -0.15) is 5.10 Å². The Hall–Kier alpha value is -3.28. The van der Waals surface area contributed by atoms with Gasteiger partial charge in [-0.1, -0.05) is 41.3 Å². The predicted molar refractivity (Wildman–Crippen MR) is 107 cm³/mol. The van der Waals surface area contributed by atoms with Crippen molar-refractivity contribution in [2.24, 2.45) is 0 Å². The molecule has 0 spiro atoms. The Labute approximate surface area is 169 Å². The first-order chi connectivity index (χ1) is 13.5. The monoisotopic (exact) mass is 413 g/mol. The molecule has 28 heavy (non-hydrogen) atoms. The number of carbonyl (C=O) groups is 1. The number of nitrogens with two attached hydrogens (primary N) is 1. The molecule has 0 aliphatic carbocycles. The number of imidazole rings is 2. The first-order valence-electron chi connectivity index (χ1n) is 8.24. The molecule has 0 saturated carbocycles. The number of halogens is 2. The van der Waals surface area contributed by atoms with Gasteiger partial charge in [0.15, 0.2) is 16.6 Å². The summed E-state index contributed by atoms with van der Waals surface area (Å²) in [7, 11) is 0. The quantitative estimate of drug-likeness (QED) is 0.352. The van der Waals surface area contributed by atoms with Crippen LogP contribution in [0.1, 0.15) is 22.7 Å². The van der Waals surface area contributed by atoms with Crippen molar-refractivity contribution in [3.8, 4) is 11.8 Å². The summed E-state index contributed by atoms with van der Waals surface area (Å²) >= 11 is 11.9. The molecule has 4 rings (SSSR count). The highest BCUT2D eigenvalue weighted by atomic mass is 35.5. The molecule has 10 heteroatoms. The number of hydrogen-bond acceptors (Lipinski definition) is 5. The van der Waals surface area contributed by atoms with Crippen LogP contribution in [0, 0.1) is 11.8 Å². The van der Waals surface area contributed by atoms with Gasteiger partial charge in [-0.25, -0.2) is 14.5 Å². The number of fused-ring (bicyclic) bond motifs is 2. The molecule has 0 aliphatic heterocycles. The molecule has 1 amide bonds. The Kier molecular flexibility index (Phi) is 4.77. The Morgan fingerprint density at radius 2 is 2.14 bits per heavy atom. The number of nitrogen functional groups attached to an aromatic ring is 1. The molecule has 1 aromatic carbocycles. The van der Waals surface area contributed by atoms with Gasteiger partial charge in [-0.15, -0.1) is 0 Å². The number of para-hydroxylation sites is 2. The molecule has 4 N–H and O–H groups in total. The number of hydrogen-bond donors (Lipinski definition) is 3. The van der Waals surface area contributed by atoms with Crippen molar-refractivity contribution in [1.29, 1.82) is 0 Å². The van der Waals surface area contributed by atoms with Crippen molar-refractivity contribution in [1.82, 2.24) is 29.9 Å². The molecule has 8 nitrogen and oxygen atoms in total. The lowest BCUT2D eigenvalue weighted by atomic mass is 10.3. The molecule has 3 heterocycles. The average molecular weight is 414 g/mol. The van der Waals surface area contributed by atoms with E-state index in [-0.39, 0.29) is 27.6 Å². The van der Waals surface area contributed by atoms with E-state index in [1.807, 2.05) is 24.3 Å². The maximum Gasteiger partial charge on any atom is 0.287 e. The largest absolute Gasteiger partial charge is 0.394 e. The molecule has 140 valence electrons.